The van der Waals surface area contributed by atoms with E-state index in [2.05, 4.69) is 5.32 Å². The molecule has 0 bridgehead atoms. The molecule has 1 fully saturated rings. The van der Waals surface area contributed by atoms with Crippen LogP contribution in [0.15, 0.2) is 0 Å². The van der Waals surface area contributed by atoms with E-state index in [1.54, 1.807) is 0 Å². The molecule has 1 saturated carbocycles. The van der Waals surface area contributed by atoms with Gasteiger partial charge in [-0.1, -0.05) is 12.2 Å². The Kier molecular flexibility index (Phi) is 3.77. The molecule has 3 nitrogen and oxygen atoms in total. The van der Waals surface area contributed by atoms with Crippen LogP contribution in [-0.2, 0) is 4.79 Å². The summed E-state index contributed by atoms with van der Waals surface area (Å²) in [7, 11) is 0. The Hall–Kier alpha value is -0.850. The molecule has 1 aliphatic rings. The normalized spacial score (nSPS) is 17.9. The van der Waals surface area contributed by atoms with Gasteiger partial charge in [0.05, 0.1) is 10.4 Å². The number of thiocarbonyl (C=S) groups is 1. The number of halogens is 3. The molecular formula is C9H13F3N2OS. The van der Waals surface area contributed by atoms with Crippen molar-refractivity contribution < 1.29 is 18.0 Å². The van der Waals surface area contributed by atoms with Crippen LogP contribution in [0, 0.1) is 5.41 Å². The van der Waals surface area contributed by atoms with Gasteiger partial charge >= 0.3 is 6.18 Å². The third-order valence-electron chi connectivity index (χ3n) is 2.58. The summed E-state index contributed by atoms with van der Waals surface area (Å²) in [4.78, 5) is 11.7. The van der Waals surface area contributed by atoms with Crippen molar-refractivity contribution in [2.45, 2.75) is 31.9 Å². The summed E-state index contributed by atoms with van der Waals surface area (Å²) in [5.41, 5.74) is 4.61. The van der Waals surface area contributed by atoms with Gasteiger partial charge in [-0.05, 0) is 19.3 Å². The molecule has 0 aromatic heterocycles. The van der Waals surface area contributed by atoms with Crippen molar-refractivity contribution in [2.75, 3.05) is 6.54 Å². The molecule has 0 aromatic carbocycles. The van der Waals surface area contributed by atoms with Crippen LogP contribution in [-0.4, -0.2) is 23.6 Å². The summed E-state index contributed by atoms with van der Waals surface area (Å²) in [6, 6.07) is 0. The van der Waals surface area contributed by atoms with Crippen LogP contribution < -0.4 is 11.1 Å². The minimum absolute atomic E-state index is 0.00269. The van der Waals surface area contributed by atoms with Crippen LogP contribution in [0.2, 0.25) is 0 Å². The highest BCUT2D eigenvalue weighted by molar-refractivity contribution is 7.80. The predicted molar refractivity (Wildman–Crippen MR) is 56.8 cm³/mol. The van der Waals surface area contributed by atoms with E-state index in [1.807, 2.05) is 0 Å². The van der Waals surface area contributed by atoms with Crippen LogP contribution >= 0.6 is 12.2 Å². The highest BCUT2D eigenvalue weighted by Gasteiger charge is 2.52. The van der Waals surface area contributed by atoms with Crippen molar-refractivity contribution in [1.82, 2.24) is 5.32 Å². The Morgan fingerprint density at radius 1 is 1.44 bits per heavy atom. The average molecular weight is 254 g/mol. The van der Waals surface area contributed by atoms with Crippen molar-refractivity contribution in [3.63, 3.8) is 0 Å². The van der Waals surface area contributed by atoms with Crippen molar-refractivity contribution in [1.29, 1.82) is 0 Å². The molecule has 16 heavy (non-hydrogen) atoms. The molecular weight excluding hydrogens is 241 g/mol. The van der Waals surface area contributed by atoms with Gasteiger partial charge in [0.1, 0.15) is 0 Å². The summed E-state index contributed by atoms with van der Waals surface area (Å²) in [5, 5.41) is 2.43. The Labute approximate surface area is 96.6 Å². The number of hydrogen-bond acceptors (Lipinski definition) is 2. The molecule has 0 saturated heterocycles. The van der Waals surface area contributed by atoms with Crippen LogP contribution in [0.1, 0.15) is 25.7 Å². The zero-order chi connectivity index (χ0) is 12.4. The Morgan fingerprint density at radius 3 is 2.38 bits per heavy atom. The third kappa shape index (κ3) is 3.33. The van der Waals surface area contributed by atoms with E-state index in [-0.39, 0.29) is 23.9 Å². The number of nitrogens with one attached hydrogen (secondary N) is 1. The number of alkyl halides is 3. The SMILES string of the molecule is NC(=S)C1(C(=O)NCCCC(F)(F)F)CC1. The van der Waals surface area contributed by atoms with Crippen LogP contribution in [0.25, 0.3) is 0 Å². The molecule has 0 radical (unpaired) electrons. The van der Waals surface area contributed by atoms with E-state index >= 15 is 0 Å². The summed E-state index contributed by atoms with van der Waals surface area (Å²) < 4.78 is 35.4. The van der Waals surface area contributed by atoms with Gasteiger partial charge in [0, 0.05) is 13.0 Å². The lowest BCUT2D eigenvalue weighted by atomic mass is 10.1. The van der Waals surface area contributed by atoms with Crippen molar-refractivity contribution in [2.24, 2.45) is 11.1 Å². The van der Waals surface area contributed by atoms with Gasteiger partial charge in [0.15, 0.2) is 0 Å². The van der Waals surface area contributed by atoms with Crippen LogP contribution in [0.4, 0.5) is 13.2 Å². The highest BCUT2D eigenvalue weighted by atomic mass is 32.1. The number of amides is 1. The number of nitrogens with two attached hydrogens (primary N) is 1. The minimum atomic E-state index is -4.18. The van der Waals surface area contributed by atoms with Gasteiger partial charge in [0.25, 0.3) is 0 Å². The molecule has 1 rings (SSSR count). The maximum atomic E-state index is 11.8. The second-order valence-electron chi connectivity index (χ2n) is 3.92. The first-order valence-corrected chi connectivity index (χ1v) is 5.34. The van der Waals surface area contributed by atoms with Crippen molar-refractivity contribution in [3.8, 4) is 0 Å². The molecule has 0 spiro atoms. The van der Waals surface area contributed by atoms with Gasteiger partial charge in [-0.2, -0.15) is 13.2 Å². The second kappa shape index (κ2) is 4.57. The minimum Gasteiger partial charge on any atom is -0.392 e. The molecule has 1 aliphatic carbocycles. The lowest BCUT2D eigenvalue weighted by molar-refractivity contribution is -0.136. The topological polar surface area (TPSA) is 55.1 Å². The van der Waals surface area contributed by atoms with Gasteiger partial charge in [-0.3, -0.25) is 4.79 Å². The molecule has 0 heterocycles. The van der Waals surface area contributed by atoms with Crippen LogP contribution in [0.5, 0.6) is 0 Å². The largest absolute Gasteiger partial charge is 0.392 e. The lowest BCUT2D eigenvalue weighted by Gasteiger charge is -2.13. The molecule has 7 heteroatoms. The predicted octanol–water partition coefficient (Wildman–Crippen LogP) is 1.51. The smallest absolute Gasteiger partial charge is 0.389 e. The molecule has 0 aromatic rings. The number of hydrogen-bond donors (Lipinski definition) is 2. The van der Waals surface area contributed by atoms with Gasteiger partial charge < -0.3 is 11.1 Å². The lowest BCUT2D eigenvalue weighted by Crippen LogP contribution is -2.40. The fourth-order valence-corrected chi connectivity index (χ4v) is 1.67. The summed E-state index contributed by atoms with van der Waals surface area (Å²) in [6.45, 7) is 0.00269. The Morgan fingerprint density at radius 2 is 2.00 bits per heavy atom. The summed E-state index contributed by atoms with van der Waals surface area (Å²) in [6.07, 6.45) is -4.01. The van der Waals surface area contributed by atoms with E-state index in [4.69, 9.17) is 18.0 Å². The first-order valence-electron chi connectivity index (χ1n) is 4.93. The quantitative estimate of drug-likeness (QED) is 0.577. The zero-order valence-corrected chi connectivity index (χ0v) is 9.38. The fourth-order valence-electron chi connectivity index (χ4n) is 1.37. The number of rotatable bonds is 5. The average Bonchev–Trinajstić information content (AvgIpc) is 2.90. The monoisotopic (exact) mass is 254 g/mol. The summed E-state index contributed by atoms with van der Waals surface area (Å²) >= 11 is 4.75. The Bertz CT molecular complexity index is 300. The van der Waals surface area contributed by atoms with Gasteiger partial charge in [-0.15, -0.1) is 0 Å². The van der Waals surface area contributed by atoms with Crippen molar-refractivity contribution in [3.05, 3.63) is 0 Å². The molecule has 0 unspecified atom stereocenters. The standard InChI is InChI=1S/C9H13F3N2OS/c10-9(11,12)2-1-5-14-7(15)8(3-4-8)6(13)16/h1-5H2,(H2,13,16)(H,14,15). The van der Waals surface area contributed by atoms with Crippen molar-refractivity contribution >= 4 is 23.1 Å². The van der Waals surface area contributed by atoms with E-state index in [9.17, 15) is 18.0 Å². The number of carbonyl (C=O) groups excluding carboxylic acids is 1. The molecule has 0 aliphatic heterocycles. The van der Waals surface area contributed by atoms with E-state index < -0.39 is 18.0 Å². The maximum Gasteiger partial charge on any atom is 0.389 e. The van der Waals surface area contributed by atoms with Crippen LogP contribution in [0.3, 0.4) is 0 Å². The first kappa shape index (κ1) is 13.2. The zero-order valence-electron chi connectivity index (χ0n) is 8.56. The fraction of sp³-hybridized carbons (Fsp3) is 0.778. The highest BCUT2D eigenvalue weighted by Crippen LogP contribution is 2.46. The second-order valence-corrected chi connectivity index (χ2v) is 4.36. The molecule has 3 N–H and O–H groups in total. The third-order valence-corrected chi connectivity index (χ3v) is 2.97. The van der Waals surface area contributed by atoms with E-state index in [0.29, 0.717) is 12.8 Å². The van der Waals surface area contributed by atoms with Gasteiger partial charge in [-0.25, -0.2) is 0 Å². The molecule has 1 amide bonds. The van der Waals surface area contributed by atoms with Gasteiger partial charge in [0.2, 0.25) is 5.91 Å². The Balaban J connectivity index is 2.24. The molecule has 92 valence electrons. The van der Waals surface area contributed by atoms with E-state index in [1.165, 1.54) is 0 Å². The number of carbonyl (C=O) groups is 1. The maximum absolute atomic E-state index is 11.8. The van der Waals surface area contributed by atoms with E-state index in [0.717, 1.165) is 0 Å². The molecule has 0 atom stereocenters. The summed E-state index contributed by atoms with van der Waals surface area (Å²) in [5.74, 6) is -0.345. The first-order chi connectivity index (χ1) is 7.28.